The van der Waals surface area contributed by atoms with E-state index >= 15 is 0 Å². The molecule has 0 amide bonds. The summed E-state index contributed by atoms with van der Waals surface area (Å²) in [7, 11) is 0. The Kier molecular flexibility index (Phi) is 15.4. The van der Waals surface area contributed by atoms with Crippen LogP contribution in [0, 0.1) is 0 Å². The first-order chi connectivity index (χ1) is 26.5. The minimum atomic E-state index is -1.89. The van der Waals surface area contributed by atoms with Crippen LogP contribution in [0.5, 0.6) is 0 Å². The van der Waals surface area contributed by atoms with Gasteiger partial charge in [0.25, 0.3) is 0 Å². The number of hydrogen-bond donors (Lipinski definition) is 0. The van der Waals surface area contributed by atoms with Gasteiger partial charge in [-0.15, -0.1) is 0 Å². The Balaban J connectivity index is 0.000000222. The van der Waals surface area contributed by atoms with Gasteiger partial charge >= 0.3 is 0 Å². The number of hydrogen-bond acceptors (Lipinski definition) is 3. The Labute approximate surface area is 354 Å². The van der Waals surface area contributed by atoms with Crippen LogP contribution in [0.3, 0.4) is 0 Å². The van der Waals surface area contributed by atoms with Crippen molar-refractivity contribution in [3.8, 4) is 0 Å². The average molecular weight is 849 g/mol. The van der Waals surface area contributed by atoms with Crippen molar-refractivity contribution in [3.63, 3.8) is 0 Å². The molecule has 2 heterocycles. The molecule has 0 bridgehead atoms. The molecule has 0 saturated heterocycles. The third-order valence-electron chi connectivity index (χ3n) is 9.41. The fourth-order valence-electron chi connectivity index (χ4n) is 6.81. The largest absolute Gasteiger partial charge is 0.250 e. The average Bonchev–Trinajstić information content (AvgIpc) is 3.20. The van der Waals surface area contributed by atoms with Gasteiger partial charge in [0.2, 0.25) is 13.1 Å². The maximum atomic E-state index is 5.87. The summed E-state index contributed by atoms with van der Waals surface area (Å²) in [6.07, 6.45) is 15.8. The second-order valence-electron chi connectivity index (χ2n) is 12.9. The third kappa shape index (κ3) is 11.2. The minimum absolute atomic E-state index is 0.136. The van der Waals surface area contributed by atoms with Crippen molar-refractivity contribution in [1.82, 2.24) is 15.0 Å². The first kappa shape index (κ1) is 42.5. The zero-order valence-electron chi connectivity index (χ0n) is 30.6. The van der Waals surface area contributed by atoms with E-state index in [1.165, 1.54) is 46.5 Å². The van der Waals surface area contributed by atoms with Gasteiger partial charge in [-0.3, -0.25) is 0 Å². The van der Waals surface area contributed by atoms with Gasteiger partial charge in [0.1, 0.15) is 6.54 Å². The molecule has 282 valence electrons. The van der Waals surface area contributed by atoms with Crippen molar-refractivity contribution in [2.75, 3.05) is 0 Å². The van der Waals surface area contributed by atoms with Crippen molar-refractivity contribution < 1.29 is 4.57 Å². The summed E-state index contributed by atoms with van der Waals surface area (Å²) in [5, 5.41) is 1.18. The van der Waals surface area contributed by atoms with Crippen molar-refractivity contribution in [1.29, 1.82) is 0 Å². The van der Waals surface area contributed by atoms with Gasteiger partial charge in [0.15, 0.2) is 23.7 Å². The molecule has 4 nitrogen and oxygen atoms in total. The number of alkyl halides is 6. The van der Waals surface area contributed by atoms with Gasteiger partial charge < -0.3 is 0 Å². The van der Waals surface area contributed by atoms with Gasteiger partial charge in [-0.1, -0.05) is 223 Å². The summed E-state index contributed by atoms with van der Waals surface area (Å²) in [6.45, 7) is 5.31. The Morgan fingerprint density at radius 3 is 1.51 bits per heavy atom. The third-order valence-corrected chi connectivity index (χ3v) is 10.4. The van der Waals surface area contributed by atoms with E-state index in [1.54, 1.807) is 12.2 Å². The lowest BCUT2D eigenvalue weighted by atomic mass is 9.14. The normalized spacial score (nSPS) is 12.4. The van der Waals surface area contributed by atoms with Crippen molar-refractivity contribution in [3.05, 3.63) is 175 Å². The quantitative estimate of drug-likeness (QED) is 0.0564. The van der Waals surface area contributed by atoms with Gasteiger partial charge in [-0.05, 0) is 24.6 Å². The molecule has 0 saturated carbocycles. The molecule has 6 aromatic rings. The van der Waals surface area contributed by atoms with Crippen molar-refractivity contribution in [2.45, 2.75) is 47.1 Å². The van der Waals surface area contributed by atoms with Crippen molar-refractivity contribution in [2.24, 2.45) is 0 Å². The highest BCUT2D eigenvalue weighted by atomic mass is 35.6. The summed E-state index contributed by atoms with van der Waals surface area (Å²) < 4.78 is -1.57. The lowest BCUT2D eigenvalue weighted by Crippen LogP contribution is -2.66. The Morgan fingerprint density at radius 2 is 1.04 bits per heavy atom. The lowest BCUT2D eigenvalue weighted by molar-refractivity contribution is -0.667. The molecule has 11 heteroatoms. The number of fused-ring (bicyclic) bond motifs is 1. The van der Waals surface area contributed by atoms with Gasteiger partial charge in [0, 0.05) is 12.1 Å². The Hall–Kier alpha value is -3.68. The highest BCUT2D eigenvalue weighted by Gasteiger charge is 2.33. The van der Waals surface area contributed by atoms with Crippen molar-refractivity contribution >= 4 is 115 Å². The molecule has 0 aliphatic carbocycles. The number of halogens is 6. The zero-order valence-corrected chi connectivity index (χ0v) is 35.1. The van der Waals surface area contributed by atoms with E-state index in [9.17, 15) is 0 Å². The van der Waals surface area contributed by atoms with Crippen LogP contribution in [0.1, 0.15) is 49.7 Å². The number of benzene rings is 4. The predicted octanol–water partition coefficient (Wildman–Crippen LogP) is 11.2. The Morgan fingerprint density at radius 1 is 0.564 bits per heavy atom. The lowest BCUT2D eigenvalue weighted by Gasteiger charge is -2.43. The smallest absolute Gasteiger partial charge is 0.209 e. The SMILES string of the molecule is CCCC[B-](c1ccccc1)(c1ccccc1)c1ccccc1.CC[n+]1ccc(/C=C/C=C/C=C/c2nc(C(Cl)(Cl)Cl)nc(C(Cl)(Cl)Cl)n2)c2ccccc21. The standard InChI is InChI=1S/C22H24B.C22H17Cl6N4/c1-2-3-19-23(20-13-7-4-8-14-20,21-15-9-5-10-16-21)22-17-11-6-12-18-22;1-2-32-14-13-15(16-10-7-8-11-17(16)32)9-5-3-4-6-12-18-29-19(21(23,24)25)31-20(30-18)22(26,27)28/h4-18H,2-3,19H2,1H3;3-14H,2H2,1H3/q-1;+1/b;4-3+,9-5+,12-6+. The molecule has 6 rings (SSSR count). The molecule has 55 heavy (non-hydrogen) atoms. The number of pyridine rings is 1. The van der Waals surface area contributed by atoms with E-state index < -0.39 is 13.7 Å². The number of aromatic nitrogens is 4. The van der Waals surface area contributed by atoms with Crippen LogP contribution in [-0.4, -0.2) is 21.1 Å². The van der Waals surface area contributed by atoms with Gasteiger partial charge in [-0.25, -0.2) is 15.0 Å². The summed E-state index contributed by atoms with van der Waals surface area (Å²) in [5.41, 5.74) is 6.64. The molecule has 0 fully saturated rings. The zero-order chi connectivity index (χ0) is 39.3. The van der Waals surface area contributed by atoms with Crippen LogP contribution in [0.15, 0.2) is 152 Å². The number of rotatable bonds is 11. The number of unbranched alkanes of at least 4 members (excludes halogenated alkanes) is 1. The fourth-order valence-corrected chi connectivity index (χ4v) is 7.32. The Bertz CT molecular complexity index is 2090. The molecule has 0 spiro atoms. The van der Waals surface area contributed by atoms with Crippen LogP contribution in [0.4, 0.5) is 0 Å². The molecular weight excluding hydrogens is 808 g/mol. The predicted molar refractivity (Wildman–Crippen MR) is 239 cm³/mol. The first-order valence-corrected chi connectivity index (χ1v) is 20.4. The molecule has 0 radical (unpaired) electrons. The van der Waals surface area contributed by atoms with Crippen LogP contribution in [0.2, 0.25) is 6.32 Å². The molecule has 0 N–H and O–H groups in total. The van der Waals surface area contributed by atoms with Crippen LogP contribution >= 0.6 is 69.6 Å². The topological polar surface area (TPSA) is 42.5 Å². The van der Waals surface area contributed by atoms with E-state index in [2.05, 4.69) is 149 Å². The number of aryl methyl sites for hydroxylation is 1. The maximum absolute atomic E-state index is 5.87. The van der Waals surface area contributed by atoms with E-state index in [4.69, 9.17) is 69.6 Å². The monoisotopic (exact) mass is 846 g/mol. The minimum Gasteiger partial charge on any atom is -0.209 e. The van der Waals surface area contributed by atoms with E-state index in [0.717, 1.165) is 12.1 Å². The summed E-state index contributed by atoms with van der Waals surface area (Å²) in [5.74, 6) is -0.0836. The van der Waals surface area contributed by atoms with E-state index in [0.29, 0.717) is 0 Å². The van der Waals surface area contributed by atoms with Crippen LogP contribution < -0.4 is 21.0 Å². The molecule has 0 unspecified atom stereocenters. The summed E-state index contributed by atoms with van der Waals surface area (Å²) >= 11 is 35.2. The second-order valence-corrected chi connectivity index (χ2v) is 17.5. The highest BCUT2D eigenvalue weighted by molar-refractivity contribution is 7.11. The fraction of sp³-hybridized carbons (Fsp3) is 0.182. The van der Waals surface area contributed by atoms with Gasteiger partial charge in [-0.2, -0.15) is 27.3 Å². The summed E-state index contributed by atoms with van der Waals surface area (Å²) in [6, 6.07) is 43.5. The molecule has 0 aliphatic heterocycles. The van der Waals surface area contributed by atoms with Gasteiger partial charge in [0.05, 0.1) is 11.5 Å². The molecule has 0 aliphatic rings. The number of para-hydroxylation sites is 1. The maximum Gasteiger partial charge on any atom is 0.250 e. The molecular formula is C44H41BCl6N4. The second kappa shape index (κ2) is 20.0. The highest BCUT2D eigenvalue weighted by Crippen LogP contribution is 2.40. The van der Waals surface area contributed by atoms with E-state index in [1.807, 2.05) is 36.4 Å². The van der Waals surface area contributed by atoms with Crippen LogP contribution in [-0.2, 0) is 14.1 Å². The summed E-state index contributed by atoms with van der Waals surface area (Å²) in [4.78, 5) is 12.1. The first-order valence-electron chi connectivity index (χ1n) is 18.1. The van der Waals surface area contributed by atoms with E-state index in [-0.39, 0.29) is 17.5 Å². The molecule has 0 atom stereocenters. The molecule has 2 aromatic heterocycles. The van der Waals surface area contributed by atoms with Crippen LogP contribution in [0.25, 0.3) is 23.1 Å². The number of allylic oxidation sites excluding steroid dienone is 4. The number of nitrogens with zero attached hydrogens (tertiary/aromatic N) is 4. The molecule has 4 aromatic carbocycles.